The molecule has 0 saturated heterocycles. The highest BCUT2D eigenvalue weighted by atomic mass is 127. The third kappa shape index (κ3) is 17.9. The minimum absolute atomic E-state index is 0. The lowest BCUT2D eigenvalue weighted by atomic mass is 10.1. The van der Waals surface area contributed by atoms with Crippen molar-refractivity contribution in [1.82, 2.24) is 0 Å². The maximum atomic E-state index is 11.5. The van der Waals surface area contributed by atoms with E-state index in [0.717, 1.165) is 30.3 Å². The van der Waals surface area contributed by atoms with Gasteiger partial charge in [0.25, 0.3) is 0 Å². The van der Waals surface area contributed by atoms with Crippen LogP contribution in [0.25, 0.3) is 0 Å². The first-order chi connectivity index (χ1) is 8.95. The molecule has 20 heavy (non-hydrogen) atoms. The predicted octanol–water partition coefficient (Wildman–Crippen LogP) is 0.547. The van der Waals surface area contributed by atoms with Crippen LogP contribution in [0, 0.1) is 0 Å². The zero-order chi connectivity index (χ0) is 14.6. The van der Waals surface area contributed by atoms with Crippen LogP contribution in [0.15, 0.2) is 12.7 Å². The molecule has 0 rings (SSSR count). The Kier molecular flexibility index (Phi) is 15.4. The van der Waals surface area contributed by atoms with Crippen molar-refractivity contribution in [2.45, 2.75) is 51.4 Å². The van der Waals surface area contributed by atoms with Crippen LogP contribution in [0.2, 0.25) is 0 Å². The van der Waals surface area contributed by atoms with E-state index in [-0.39, 0.29) is 29.9 Å². The van der Waals surface area contributed by atoms with E-state index in [9.17, 15) is 4.79 Å². The number of quaternary nitrogens is 1. The number of carbonyl (C=O) groups excluding carboxylic acids is 1. The topological polar surface area (TPSA) is 26.3 Å². The molecule has 0 atom stereocenters. The zero-order valence-electron chi connectivity index (χ0n) is 13.5. The zero-order valence-corrected chi connectivity index (χ0v) is 15.7. The average molecular weight is 397 g/mol. The average Bonchev–Trinajstić information content (AvgIpc) is 2.31. The van der Waals surface area contributed by atoms with Crippen LogP contribution >= 0.6 is 0 Å². The summed E-state index contributed by atoms with van der Waals surface area (Å²) in [6, 6.07) is 0. The molecule has 0 radical (unpaired) electrons. The number of carbonyl (C=O) groups is 1. The highest BCUT2D eigenvalue weighted by Gasteiger charge is 2.08. The maximum absolute atomic E-state index is 11.5. The number of likely N-dealkylation sites (N-methyl/N-ethyl adjacent to an activating group) is 1. The SMILES string of the molecule is C=CCCCCCCCCC(=O)OCC[N+](C)(C)C.[I-]. The third-order valence-electron chi connectivity index (χ3n) is 3.06. The first kappa shape index (κ1) is 22.2. The molecule has 0 heterocycles. The van der Waals surface area contributed by atoms with Crippen molar-refractivity contribution in [3.05, 3.63) is 12.7 Å². The Balaban J connectivity index is 0. The Morgan fingerprint density at radius 1 is 1.05 bits per heavy atom. The van der Waals surface area contributed by atoms with Gasteiger partial charge in [-0.1, -0.05) is 31.8 Å². The molecule has 0 amide bonds. The van der Waals surface area contributed by atoms with Crippen molar-refractivity contribution in [1.29, 1.82) is 0 Å². The highest BCUT2D eigenvalue weighted by molar-refractivity contribution is 5.69. The first-order valence-electron chi connectivity index (χ1n) is 7.52. The van der Waals surface area contributed by atoms with E-state index < -0.39 is 0 Å². The van der Waals surface area contributed by atoms with E-state index in [1.807, 2.05) is 6.08 Å². The van der Waals surface area contributed by atoms with Crippen LogP contribution in [0.5, 0.6) is 0 Å². The molecular formula is C16H32INO2. The van der Waals surface area contributed by atoms with Gasteiger partial charge in [0.05, 0.1) is 21.1 Å². The molecule has 0 fully saturated rings. The molecule has 120 valence electrons. The van der Waals surface area contributed by atoms with E-state index in [4.69, 9.17) is 4.74 Å². The number of hydrogen-bond acceptors (Lipinski definition) is 2. The Morgan fingerprint density at radius 3 is 2.15 bits per heavy atom. The highest BCUT2D eigenvalue weighted by Crippen LogP contribution is 2.09. The summed E-state index contributed by atoms with van der Waals surface area (Å²) >= 11 is 0. The first-order valence-corrected chi connectivity index (χ1v) is 7.52. The van der Waals surface area contributed by atoms with E-state index in [2.05, 4.69) is 27.7 Å². The van der Waals surface area contributed by atoms with Gasteiger partial charge in [0, 0.05) is 6.42 Å². The summed E-state index contributed by atoms with van der Waals surface area (Å²) in [5.41, 5.74) is 0. The minimum atomic E-state index is -0.0416. The van der Waals surface area contributed by atoms with E-state index >= 15 is 0 Å². The fourth-order valence-corrected chi connectivity index (χ4v) is 1.77. The van der Waals surface area contributed by atoms with Crippen LogP contribution < -0.4 is 24.0 Å². The number of allylic oxidation sites excluding steroid dienone is 1. The Bertz CT molecular complexity index is 249. The van der Waals surface area contributed by atoms with Gasteiger partial charge in [0.2, 0.25) is 0 Å². The maximum Gasteiger partial charge on any atom is 0.305 e. The lowest BCUT2D eigenvalue weighted by Gasteiger charge is -2.23. The fraction of sp³-hybridized carbons (Fsp3) is 0.812. The Labute approximate surface area is 142 Å². The summed E-state index contributed by atoms with van der Waals surface area (Å²) in [4.78, 5) is 11.5. The predicted molar refractivity (Wildman–Crippen MR) is 81.0 cm³/mol. The molecule has 0 aliphatic heterocycles. The van der Waals surface area contributed by atoms with Gasteiger partial charge in [-0.25, -0.2) is 0 Å². The smallest absolute Gasteiger partial charge is 0.305 e. The van der Waals surface area contributed by atoms with Crippen molar-refractivity contribution in [3.63, 3.8) is 0 Å². The van der Waals surface area contributed by atoms with Crippen LogP contribution in [-0.4, -0.2) is 44.7 Å². The van der Waals surface area contributed by atoms with Crippen LogP contribution in [0.3, 0.4) is 0 Å². The van der Waals surface area contributed by atoms with E-state index in [1.54, 1.807) is 0 Å². The summed E-state index contributed by atoms with van der Waals surface area (Å²) in [5.74, 6) is -0.0416. The number of rotatable bonds is 12. The molecular weight excluding hydrogens is 365 g/mol. The molecule has 0 aromatic carbocycles. The molecule has 0 saturated carbocycles. The van der Waals surface area contributed by atoms with Crippen LogP contribution in [0.1, 0.15) is 51.4 Å². The number of nitrogens with zero attached hydrogens (tertiary/aromatic N) is 1. The van der Waals surface area contributed by atoms with E-state index in [0.29, 0.717) is 13.0 Å². The summed E-state index contributed by atoms with van der Waals surface area (Å²) in [6.07, 6.45) is 10.8. The fourth-order valence-electron chi connectivity index (χ4n) is 1.77. The van der Waals surface area contributed by atoms with Gasteiger partial charge in [0.15, 0.2) is 0 Å². The van der Waals surface area contributed by atoms with Crippen LogP contribution in [0.4, 0.5) is 0 Å². The van der Waals surface area contributed by atoms with Gasteiger partial charge >= 0.3 is 5.97 Å². The van der Waals surface area contributed by atoms with Crippen molar-refractivity contribution >= 4 is 5.97 Å². The summed E-state index contributed by atoms with van der Waals surface area (Å²) in [6.45, 7) is 5.12. The molecule has 0 N–H and O–H groups in total. The second-order valence-corrected chi connectivity index (χ2v) is 6.18. The number of halogens is 1. The van der Waals surface area contributed by atoms with Crippen molar-refractivity contribution in [3.8, 4) is 0 Å². The van der Waals surface area contributed by atoms with Gasteiger partial charge in [-0.2, -0.15) is 0 Å². The molecule has 0 aliphatic rings. The molecule has 0 aromatic heterocycles. The normalized spacial score (nSPS) is 10.8. The molecule has 0 aromatic rings. The van der Waals surface area contributed by atoms with Gasteiger partial charge < -0.3 is 33.2 Å². The van der Waals surface area contributed by atoms with Gasteiger partial charge in [-0.3, -0.25) is 4.79 Å². The Hall–Kier alpha value is -0.100. The molecule has 3 nitrogen and oxygen atoms in total. The lowest BCUT2D eigenvalue weighted by Crippen LogP contribution is -3.00. The molecule has 0 aliphatic carbocycles. The van der Waals surface area contributed by atoms with Gasteiger partial charge in [-0.05, 0) is 19.3 Å². The quantitative estimate of drug-likeness (QED) is 0.158. The molecule has 4 heteroatoms. The number of hydrogen-bond donors (Lipinski definition) is 0. The Morgan fingerprint density at radius 2 is 1.60 bits per heavy atom. The monoisotopic (exact) mass is 397 g/mol. The van der Waals surface area contributed by atoms with Crippen molar-refractivity contribution in [2.75, 3.05) is 34.3 Å². The van der Waals surface area contributed by atoms with Crippen LogP contribution in [-0.2, 0) is 9.53 Å². The largest absolute Gasteiger partial charge is 1.00 e. The minimum Gasteiger partial charge on any atom is -1.00 e. The molecule has 0 unspecified atom stereocenters. The molecule has 0 bridgehead atoms. The van der Waals surface area contributed by atoms with Crippen molar-refractivity contribution < 1.29 is 38.0 Å². The van der Waals surface area contributed by atoms with Crippen molar-refractivity contribution in [2.24, 2.45) is 0 Å². The summed E-state index contributed by atoms with van der Waals surface area (Å²) < 4.78 is 6.04. The second kappa shape index (κ2) is 13.9. The lowest BCUT2D eigenvalue weighted by molar-refractivity contribution is -0.870. The standard InChI is InChI=1S/C16H32NO2.HI/c1-5-6-7-8-9-10-11-12-13-16(18)19-15-14-17(2,3)4;/h5H,1,6-15H2,2-4H3;1H/q+1;/p-1. The van der Waals surface area contributed by atoms with Gasteiger partial charge in [0.1, 0.15) is 13.2 Å². The number of unbranched alkanes of at least 4 members (excludes halogenated alkanes) is 6. The number of ether oxygens (including phenoxy) is 1. The van der Waals surface area contributed by atoms with E-state index in [1.165, 1.54) is 25.7 Å². The van der Waals surface area contributed by atoms with Gasteiger partial charge in [-0.15, -0.1) is 6.58 Å². The molecule has 0 spiro atoms. The second-order valence-electron chi connectivity index (χ2n) is 6.18. The number of esters is 1. The third-order valence-corrected chi connectivity index (χ3v) is 3.06. The summed E-state index contributed by atoms with van der Waals surface area (Å²) in [7, 11) is 6.29. The summed E-state index contributed by atoms with van der Waals surface area (Å²) in [5, 5.41) is 0.